The Morgan fingerprint density at radius 2 is 1.59 bits per heavy atom. The SMILES string of the molecule is O=C1Nc2c(ccc(F)c2F)[C@]1(c1ccc(OB([O-])[O-])cc1)C1CCC(F)(F)CC1.[Na+].[Na+]. The normalized spacial score (nSPS) is 21.6. The first-order valence-electron chi connectivity index (χ1n) is 9.42. The van der Waals surface area contributed by atoms with Crippen LogP contribution in [0.1, 0.15) is 36.8 Å². The van der Waals surface area contributed by atoms with E-state index in [1.54, 1.807) is 0 Å². The topological polar surface area (TPSA) is 84.5 Å². The number of benzene rings is 2. The number of anilines is 1. The van der Waals surface area contributed by atoms with Gasteiger partial charge in [-0.05, 0) is 48.1 Å². The summed E-state index contributed by atoms with van der Waals surface area (Å²) in [6, 6.07) is 7.66. The van der Waals surface area contributed by atoms with Crippen LogP contribution >= 0.6 is 0 Å². The van der Waals surface area contributed by atoms with Gasteiger partial charge >= 0.3 is 59.1 Å². The first-order chi connectivity index (χ1) is 14.1. The number of hydrogen-bond donors (Lipinski definition) is 1. The number of carbonyl (C=O) groups excluding carboxylic acids is 1. The number of halogens is 4. The van der Waals surface area contributed by atoms with E-state index < -0.39 is 55.0 Å². The summed E-state index contributed by atoms with van der Waals surface area (Å²) in [4.78, 5) is 13.2. The molecular formula is C20H16BF4NNa2O4. The van der Waals surface area contributed by atoms with E-state index in [1.165, 1.54) is 30.3 Å². The summed E-state index contributed by atoms with van der Waals surface area (Å²) in [5.74, 6) is -6.47. The van der Waals surface area contributed by atoms with Gasteiger partial charge in [0.05, 0.1) is 11.4 Å². The molecule has 0 spiro atoms. The van der Waals surface area contributed by atoms with E-state index in [9.17, 15) is 32.4 Å². The molecule has 1 saturated carbocycles. The molecule has 0 radical (unpaired) electrons. The fourth-order valence-corrected chi connectivity index (χ4v) is 4.64. The zero-order valence-corrected chi connectivity index (χ0v) is 21.6. The van der Waals surface area contributed by atoms with Crippen molar-refractivity contribution in [3.05, 3.63) is 59.2 Å². The molecule has 1 atom stereocenters. The zero-order valence-electron chi connectivity index (χ0n) is 17.6. The van der Waals surface area contributed by atoms with Crippen LogP contribution in [-0.2, 0) is 10.2 Å². The molecule has 0 saturated heterocycles. The van der Waals surface area contributed by atoms with Crippen molar-refractivity contribution in [1.29, 1.82) is 0 Å². The van der Waals surface area contributed by atoms with Gasteiger partial charge in [-0.3, -0.25) is 4.79 Å². The summed E-state index contributed by atoms with van der Waals surface area (Å²) in [5.41, 5.74) is -1.31. The van der Waals surface area contributed by atoms with Crippen molar-refractivity contribution in [2.24, 2.45) is 5.92 Å². The number of rotatable bonds is 4. The minimum atomic E-state index is -2.85. The third-order valence-electron chi connectivity index (χ3n) is 5.99. The maximum absolute atomic E-state index is 14.4. The van der Waals surface area contributed by atoms with Crippen molar-refractivity contribution < 1.29 is 96.2 Å². The molecule has 4 rings (SSSR count). The van der Waals surface area contributed by atoms with Gasteiger partial charge in [0.15, 0.2) is 11.6 Å². The Morgan fingerprint density at radius 3 is 2.16 bits per heavy atom. The second-order valence-corrected chi connectivity index (χ2v) is 7.61. The molecule has 0 aromatic heterocycles. The average Bonchev–Trinajstić information content (AvgIpc) is 2.98. The second kappa shape index (κ2) is 10.4. The van der Waals surface area contributed by atoms with Gasteiger partial charge in [0.1, 0.15) is 12.7 Å². The van der Waals surface area contributed by atoms with Crippen LogP contribution < -0.4 is 79.1 Å². The van der Waals surface area contributed by atoms with Crippen molar-refractivity contribution in [2.45, 2.75) is 37.0 Å². The van der Waals surface area contributed by atoms with Crippen LogP contribution in [-0.4, -0.2) is 19.2 Å². The van der Waals surface area contributed by atoms with E-state index >= 15 is 0 Å². The van der Waals surface area contributed by atoms with Gasteiger partial charge in [-0.25, -0.2) is 17.6 Å². The predicted molar refractivity (Wildman–Crippen MR) is 95.5 cm³/mol. The van der Waals surface area contributed by atoms with Crippen LogP contribution in [0.4, 0.5) is 23.2 Å². The molecule has 1 fully saturated rings. The number of amides is 1. The molecular weight excluding hydrogens is 451 g/mol. The summed E-state index contributed by atoms with van der Waals surface area (Å²) in [6.07, 6.45) is -0.859. The van der Waals surface area contributed by atoms with Crippen molar-refractivity contribution in [3.8, 4) is 5.75 Å². The predicted octanol–water partition coefficient (Wildman–Crippen LogP) is -3.88. The van der Waals surface area contributed by atoms with Gasteiger partial charge in [0, 0.05) is 12.8 Å². The third-order valence-corrected chi connectivity index (χ3v) is 5.99. The summed E-state index contributed by atoms with van der Waals surface area (Å²) in [6.45, 7) is 0. The molecule has 12 heteroatoms. The van der Waals surface area contributed by atoms with Gasteiger partial charge in [0.2, 0.25) is 11.8 Å². The molecule has 1 aliphatic carbocycles. The van der Waals surface area contributed by atoms with Crippen LogP contribution in [0.5, 0.6) is 5.75 Å². The molecule has 158 valence electrons. The average molecular weight is 467 g/mol. The van der Waals surface area contributed by atoms with Crippen LogP contribution in [0, 0.1) is 17.6 Å². The van der Waals surface area contributed by atoms with Crippen molar-refractivity contribution in [3.63, 3.8) is 0 Å². The minimum Gasteiger partial charge on any atom is -0.860 e. The number of nitrogens with one attached hydrogen (secondary N) is 1. The fourth-order valence-electron chi connectivity index (χ4n) is 4.64. The van der Waals surface area contributed by atoms with Crippen LogP contribution in [0.15, 0.2) is 36.4 Å². The Balaban J connectivity index is 0.00000181. The molecule has 2 aromatic rings. The third kappa shape index (κ3) is 4.79. The van der Waals surface area contributed by atoms with E-state index in [4.69, 9.17) is 0 Å². The second-order valence-electron chi connectivity index (χ2n) is 7.61. The summed E-state index contributed by atoms with van der Waals surface area (Å²) in [7, 11) is -2.54. The molecule has 1 N–H and O–H groups in total. The standard InChI is InChI=1S/C20H16BF4NO4.2Na/c22-15-6-5-14-17(16(15)23)26-18(27)20(14,12-7-9-19(24,25)10-8-12)11-1-3-13(4-2-11)30-21(28)29;;/h1-6,12H,7-10H2,(H,26,27);;/q-2;2*+1/t20-;;/m0../s1. The number of fused-ring (bicyclic) bond motifs is 1. The largest absolute Gasteiger partial charge is 1.00 e. The zero-order chi connectivity index (χ0) is 21.7. The number of hydrogen-bond acceptors (Lipinski definition) is 4. The number of alkyl halides is 2. The van der Waals surface area contributed by atoms with Crippen molar-refractivity contribution in [1.82, 2.24) is 0 Å². The van der Waals surface area contributed by atoms with E-state index in [0.29, 0.717) is 5.56 Å². The van der Waals surface area contributed by atoms with Crippen LogP contribution in [0.25, 0.3) is 0 Å². The van der Waals surface area contributed by atoms with E-state index in [1.807, 2.05) is 0 Å². The maximum atomic E-state index is 14.4. The maximum Gasteiger partial charge on any atom is 1.00 e. The van der Waals surface area contributed by atoms with Crippen LogP contribution in [0.3, 0.4) is 0 Å². The van der Waals surface area contributed by atoms with Gasteiger partial charge < -0.3 is 20.0 Å². The molecule has 0 unspecified atom stereocenters. The Morgan fingerprint density at radius 1 is 1.00 bits per heavy atom. The Labute approximate surface area is 226 Å². The molecule has 32 heavy (non-hydrogen) atoms. The molecule has 0 bridgehead atoms. The van der Waals surface area contributed by atoms with Gasteiger partial charge in [-0.1, -0.05) is 18.2 Å². The van der Waals surface area contributed by atoms with E-state index in [-0.39, 0.29) is 89.0 Å². The summed E-state index contributed by atoms with van der Waals surface area (Å²) < 4.78 is 60.3. The smallest absolute Gasteiger partial charge is 0.860 e. The van der Waals surface area contributed by atoms with E-state index in [0.717, 1.165) is 6.07 Å². The molecule has 2 aromatic carbocycles. The Kier molecular flexibility index (Phi) is 8.95. The van der Waals surface area contributed by atoms with Crippen molar-refractivity contribution in [2.75, 3.05) is 5.32 Å². The molecule has 2 aliphatic rings. The van der Waals surface area contributed by atoms with Crippen molar-refractivity contribution >= 4 is 18.9 Å². The number of carbonyl (C=O) groups is 1. The quantitative estimate of drug-likeness (QED) is 0.369. The van der Waals surface area contributed by atoms with Crippen LogP contribution in [0.2, 0.25) is 0 Å². The Bertz CT molecular complexity index is 986. The molecule has 1 amide bonds. The molecule has 5 nitrogen and oxygen atoms in total. The first-order valence-corrected chi connectivity index (χ1v) is 9.42. The molecule has 1 heterocycles. The summed E-state index contributed by atoms with van der Waals surface area (Å²) in [5, 5.41) is 23.8. The first kappa shape index (κ1) is 27.7. The Hall–Kier alpha value is -0.585. The monoisotopic (exact) mass is 467 g/mol. The molecule has 1 aliphatic heterocycles. The van der Waals surface area contributed by atoms with Gasteiger partial charge in [-0.15, -0.1) is 0 Å². The van der Waals surface area contributed by atoms with E-state index in [2.05, 4.69) is 9.97 Å². The fraction of sp³-hybridized carbons (Fsp3) is 0.350. The summed E-state index contributed by atoms with van der Waals surface area (Å²) >= 11 is 0. The van der Waals surface area contributed by atoms with Gasteiger partial charge in [-0.2, -0.15) is 0 Å². The van der Waals surface area contributed by atoms with Gasteiger partial charge in [0.25, 0.3) is 0 Å². The minimum absolute atomic E-state index is 0.